The maximum absolute atomic E-state index is 12.5. The van der Waals surface area contributed by atoms with Crippen LogP contribution in [0.3, 0.4) is 0 Å². The van der Waals surface area contributed by atoms with Gasteiger partial charge in [0, 0.05) is 28.6 Å². The van der Waals surface area contributed by atoms with E-state index in [1.54, 1.807) is 0 Å². The van der Waals surface area contributed by atoms with Gasteiger partial charge in [0.15, 0.2) is 5.78 Å². The van der Waals surface area contributed by atoms with Crippen LogP contribution in [-0.2, 0) is 4.74 Å². The number of aryl methyl sites for hydroxylation is 1. The van der Waals surface area contributed by atoms with E-state index in [-0.39, 0.29) is 17.8 Å². The van der Waals surface area contributed by atoms with Gasteiger partial charge in [-0.2, -0.15) is 0 Å². The van der Waals surface area contributed by atoms with Gasteiger partial charge in [0.05, 0.1) is 12.7 Å². The summed E-state index contributed by atoms with van der Waals surface area (Å²) in [7, 11) is 0. The maximum Gasteiger partial charge on any atom is 0.170 e. The van der Waals surface area contributed by atoms with E-state index >= 15 is 0 Å². The minimum Gasteiger partial charge on any atom is -0.378 e. The third kappa shape index (κ3) is 1.75. The number of Topliss-reactive ketones (excluding diaryl/α,β-unsaturated/α-hetero) is 1. The minimum atomic E-state index is 0.0126. The van der Waals surface area contributed by atoms with Gasteiger partial charge in [0.1, 0.15) is 0 Å². The Kier molecular flexibility index (Phi) is 2.71. The lowest BCUT2D eigenvalue weighted by molar-refractivity contribution is 0.0879. The summed E-state index contributed by atoms with van der Waals surface area (Å²) in [4.78, 5) is 15.7. The number of carbonyl (C=O) groups excluding carboxylic acids is 1. The summed E-state index contributed by atoms with van der Waals surface area (Å²) in [6.45, 7) is 4.62. The molecule has 3 nitrogen and oxygen atoms in total. The highest BCUT2D eigenvalue weighted by Gasteiger charge is 2.30. The van der Waals surface area contributed by atoms with Crippen LogP contribution < -0.4 is 0 Å². The number of H-pyrrole nitrogens is 1. The van der Waals surface area contributed by atoms with Gasteiger partial charge >= 0.3 is 0 Å². The van der Waals surface area contributed by atoms with E-state index in [1.165, 1.54) is 0 Å². The molecule has 2 unspecified atom stereocenters. The van der Waals surface area contributed by atoms with Crippen molar-refractivity contribution in [3.8, 4) is 0 Å². The van der Waals surface area contributed by atoms with Gasteiger partial charge in [0.25, 0.3) is 0 Å². The molecule has 3 rings (SSSR count). The van der Waals surface area contributed by atoms with Crippen molar-refractivity contribution in [3.63, 3.8) is 0 Å². The number of ether oxygens (including phenoxy) is 1. The van der Waals surface area contributed by atoms with Crippen LogP contribution in [0.25, 0.3) is 10.9 Å². The fraction of sp³-hybridized carbons (Fsp3) is 0.400. The van der Waals surface area contributed by atoms with Gasteiger partial charge in [-0.25, -0.2) is 0 Å². The Balaban J connectivity index is 2.02. The second-order valence-electron chi connectivity index (χ2n) is 5.14. The number of hydrogen-bond donors (Lipinski definition) is 1. The van der Waals surface area contributed by atoms with Gasteiger partial charge in [0.2, 0.25) is 0 Å². The van der Waals surface area contributed by atoms with Crippen molar-refractivity contribution in [3.05, 3.63) is 35.5 Å². The van der Waals surface area contributed by atoms with E-state index in [1.807, 2.05) is 38.2 Å². The lowest BCUT2D eigenvalue weighted by Gasteiger charge is -2.06. The number of fused-ring (bicyclic) bond motifs is 1. The predicted octanol–water partition coefficient (Wildman–Crippen LogP) is 3.08. The average molecular weight is 243 g/mol. The van der Waals surface area contributed by atoms with Crippen LogP contribution in [0.15, 0.2) is 24.4 Å². The van der Waals surface area contributed by atoms with Gasteiger partial charge in [-0.05, 0) is 31.9 Å². The fourth-order valence-corrected chi connectivity index (χ4v) is 2.78. The Hall–Kier alpha value is -1.61. The summed E-state index contributed by atoms with van der Waals surface area (Å²) in [5, 5.41) is 1.06. The Bertz CT molecular complexity index is 600. The van der Waals surface area contributed by atoms with Gasteiger partial charge < -0.3 is 9.72 Å². The molecule has 94 valence electrons. The topological polar surface area (TPSA) is 42.1 Å². The minimum absolute atomic E-state index is 0.0126. The Morgan fingerprint density at radius 1 is 1.44 bits per heavy atom. The van der Waals surface area contributed by atoms with E-state index in [4.69, 9.17) is 4.74 Å². The van der Waals surface area contributed by atoms with E-state index in [0.29, 0.717) is 6.61 Å². The zero-order valence-corrected chi connectivity index (χ0v) is 10.7. The quantitative estimate of drug-likeness (QED) is 0.823. The molecule has 2 atom stereocenters. The fourth-order valence-electron chi connectivity index (χ4n) is 2.78. The zero-order chi connectivity index (χ0) is 12.7. The highest BCUT2D eigenvalue weighted by Crippen LogP contribution is 2.28. The molecule has 0 bridgehead atoms. The van der Waals surface area contributed by atoms with Crippen molar-refractivity contribution in [1.29, 1.82) is 0 Å². The van der Waals surface area contributed by atoms with Crippen molar-refractivity contribution in [2.45, 2.75) is 26.4 Å². The number of carbonyl (C=O) groups is 1. The number of rotatable bonds is 2. The molecule has 2 heterocycles. The Labute approximate surface area is 106 Å². The SMILES string of the molecule is Cc1cccc2[nH]cc(C(=O)C3COC(C)C3)c12. The summed E-state index contributed by atoms with van der Waals surface area (Å²) >= 11 is 0. The van der Waals surface area contributed by atoms with Gasteiger partial charge in [-0.1, -0.05) is 12.1 Å². The van der Waals surface area contributed by atoms with Crippen LogP contribution in [0, 0.1) is 12.8 Å². The summed E-state index contributed by atoms with van der Waals surface area (Å²) in [6, 6.07) is 6.05. The summed E-state index contributed by atoms with van der Waals surface area (Å²) in [5.74, 6) is 0.221. The van der Waals surface area contributed by atoms with Crippen molar-refractivity contribution >= 4 is 16.7 Å². The molecule has 1 fully saturated rings. The molecule has 3 heteroatoms. The van der Waals surface area contributed by atoms with Crippen LogP contribution in [-0.4, -0.2) is 23.5 Å². The molecular formula is C15H17NO2. The number of aromatic amines is 1. The van der Waals surface area contributed by atoms with Crippen LogP contribution in [0.4, 0.5) is 0 Å². The number of aromatic nitrogens is 1. The van der Waals surface area contributed by atoms with Gasteiger partial charge in [-0.3, -0.25) is 4.79 Å². The third-order valence-corrected chi connectivity index (χ3v) is 3.75. The van der Waals surface area contributed by atoms with Crippen LogP contribution in [0.1, 0.15) is 29.3 Å². The molecule has 0 amide bonds. The van der Waals surface area contributed by atoms with Crippen molar-refractivity contribution in [2.75, 3.05) is 6.61 Å². The van der Waals surface area contributed by atoms with Crippen LogP contribution >= 0.6 is 0 Å². The molecule has 0 radical (unpaired) electrons. The molecule has 0 saturated carbocycles. The molecule has 1 aromatic heterocycles. The highest BCUT2D eigenvalue weighted by atomic mass is 16.5. The van der Waals surface area contributed by atoms with Crippen molar-refractivity contribution in [1.82, 2.24) is 4.98 Å². The first-order valence-corrected chi connectivity index (χ1v) is 6.39. The first kappa shape index (κ1) is 11.5. The van der Waals surface area contributed by atoms with Crippen molar-refractivity contribution < 1.29 is 9.53 Å². The standard InChI is InChI=1S/C15H17NO2/c1-9-4-3-5-13-14(9)12(7-16-13)15(17)11-6-10(2)18-8-11/h3-5,7,10-11,16H,6,8H2,1-2H3. The number of benzene rings is 1. The lowest BCUT2D eigenvalue weighted by atomic mass is 9.94. The first-order valence-electron chi connectivity index (χ1n) is 6.39. The normalized spacial score (nSPS) is 23.7. The van der Waals surface area contributed by atoms with Crippen LogP contribution in [0.5, 0.6) is 0 Å². The van der Waals surface area contributed by atoms with E-state index in [9.17, 15) is 4.79 Å². The second kappa shape index (κ2) is 4.25. The molecule has 1 saturated heterocycles. The molecule has 1 aliphatic rings. The van der Waals surface area contributed by atoms with Crippen LogP contribution in [0.2, 0.25) is 0 Å². The largest absolute Gasteiger partial charge is 0.378 e. The maximum atomic E-state index is 12.5. The summed E-state index contributed by atoms with van der Waals surface area (Å²) in [5.41, 5.74) is 2.99. The number of ketones is 1. The third-order valence-electron chi connectivity index (χ3n) is 3.75. The second-order valence-corrected chi connectivity index (χ2v) is 5.14. The summed E-state index contributed by atoms with van der Waals surface area (Å²) in [6.07, 6.45) is 2.87. The molecule has 1 aliphatic heterocycles. The zero-order valence-electron chi connectivity index (χ0n) is 10.7. The Morgan fingerprint density at radius 3 is 3.00 bits per heavy atom. The monoisotopic (exact) mass is 243 g/mol. The Morgan fingerprint density at radius 2 is 2.28 bits per heavy atom. The molecular weight excluding hydrogens is 226 g/mol. The molecule has 18 heavy (non-hydrogen) atoms. The smallest absolute Gasteiger partial charge is 0.170 e. The van der Waals surface area contributed by atoms with E-state index in [2.05, 4.69) is 4.98 Å². The first-order chi connectivity index (χ1) is 8.66. The van der Waals surface area contributed by atoms with E-state index in [0.717, 1.165) is 28.5 Å². The lowest BCUT2D eigenvalue weighted by Crippen LogP contribution is -2.14. The number of hydrogen-bond acceptors (Lipinski definition) is 2. The highest BCUT2D eigenvalue weighted by molar-refractivity contribution is 6.10. The molecule has 1 aromatic carbocycles. The molecule has 2 aromatic rings. The molecule has 0 spiro atoms. The average Bonchev–Trinajstić information content (AvgIpc) is 2.95. The van der Waals surface area contributed by atoms with Gasteiger partial charge in [-0.15, -0.1) is 0 Å². The molecule has 1 N–H and O–H groups in total. The number of nitrogens with one attached hydrogen (secondary N) is 1. The molecule has 0 aliphatic carbocycles. The van der Waals surface area contributed by atoms with E-state index < -0.39 is 0 Å². The van der Waals surface area contributed by atoms with Crippen molar-refractivity contribution in [2.24, 2.45) is 5.92 Å². The summed E-state index contributed by atoms with van der Waals surface area (Å²) < 4.78 is 5.50. The predicted molar refractivity (Wildman–Crippen MR) is 70.9 cm³/mol.